The lowest BCUT2D eigenvalue weighted by molar-refractivity contribution is -0.128. The van der Waals surface area contributed by atoms with E-state index >= 15 is 0 Å². The van der Waals surface area contributed by atoms with Crippen LogP contribution in [0.3, 0.4) is 0 Å². The van der Waals surface area contributed by atoms with Crippen LogP contribution in [0.15, 0.2) is 0 Å². The highest BCUT2D eigenvalue weighted by molar-refractivity contribution is 7.51. The summed E-state index contributed by atoms with van der Waals surface area (Å²) in [5.74, 6) is -1.20. The van der Waals surface area contributed by atoms with Gasteiger partial charge in [-0.1, -0.05) is 0 Å². The first-order valence-electron chi connectivity index (χ1n) is 4.51. The van der Waals surface area contributed by atoms with Gasteiger partial charge >= 0.3 is 7.60 Å². The van der Waals surface area contributed by atoms with E-state index < -0.39 is 37.8 Å². The van der Waals surface area contributed by atoms with Gasteiger partial charge in [0.15, 0.2) is 0 Å². The molecule has 0 saturated carbocycles. The molecular formula is C7H16N3O5P. The Balaban J connectivity index is 4.10. The van der Waals surface area contributed by atoms with Gasteiger partial charge in [-0.05, 0) is 13.8 Å². The quantitative estimate of drug-likeness (QED) is 0.362. The maximum Gasteiger partial charge on any atom is 0.344 e. The van der Waals surface area contributed by atoms with Crippen molar-refractivity contribution in [3.63, 3.8) is 0 Å². The summed E-state index contributed by atoms with van der Waals surface area (Å²) < 4.78 is 10.5. The molecule has 2 atom stereocenters. The number of hydrogen-bond donors (Lipinski definition) is 5. The smallest absolute Gasteiger partial charge is 0.343 e. The Morgan fingerprint density at radius 2 is 1.81 bits per heavy atom. The lowest BCUT2D eigenvalue weighted by atomic mass is 10.2. The number of rotatable bonds is 5. The van der Waals surface area contributed by atoms with E-state index in [1.54, 1.807) is 0 Å². The Bertz CT molecular complexity index is 313. The van der Waals surface area contributed by atoms with Crippen LogP contribution in [0.5, 0.6) is 0 Å². The van der Waals surface area contributed by atoms with Gasteiger partial charge in [-0.3, -0.25) is 14.2 Å². The van der Waals surface area contributed by atoms with Gasteiger partial charge in [-0.2, -0.15) is 0 Å². The molecule has 16 heavy (non-hydrogen) atoms. The maximum atomic E-state index is 11.2. The van der Waals surface area contributed by atoms with Gasteiger partial charge in [0.25, 0.3) is 0 Å². The van der Waals surface area contributed by atoms with Crippen molar-refractivity contribution in [3.05, 3.63) is 0 Å². The summed E-state index contributed by atoms with van der Waals surface area (Å²) in [6.07, 6.45) is -0.760. The molecule has 94 valence electrons. The third-order valence-electron chi connectivity index (χ3n) is 1.62. The Labute approximate surface area is 92.7 Å². The molecule has 0 aliphatic heterocycles. The Hall–Kier alpha value is -0.950. The van der Waals surface area contributed by atoms with E-state index in [2.05, 4.69) is 5.32 Å². The van der Waals surface area contributed by atoms with Gasteiger partial charge in [0.1, 0.15) is 12.3 Å². The molecule has 0 bridgehead atoms. The molecule has 9 heteroatoms. The van der Waals surface area contributed by atoms with E-state index in [1.165, 1.54) is 13.8 Å². The van der Waals surface area contributed by atoms with Crippen LogP contribution in [0.25, 0.3) is 0 Å². The van der Waals surface area contributed by atoms with Gasteiger partial charge in [0, 0.05) is 0 Å². The monoisotopic (exact) mass is 253 g/mol. The number of amides is 2. The van der Waals surface area contributed by atoms with Crippen molar-refractivity contribution < 1.29 is 23.9 Å². The summed E-state index contributed by atoms with van der Waals surface area (Å²) in [5.41, 5.74) is 5.26. The van der Waals surface area contributed by atoms with E-state index in [-0.39, 0.29) is 0 Å². The average molecular weight is 253 g/mol. The van der Waals surface area contributed by atoms with Gasteiger partial charge in [0.05, 0.1) is 6.04 Å². The summed E-state index contributed by atoms with van der Waals surface area (Å²) in [7, 11) is -4.28. The van der Waals surface area contributed by atoms with Crippen LogP contribution in [0.1, 0.15) is 13.8 Å². The normalized spacial score (nSPS) is 15.1. The molecule has 0 saturated heterocycles. The lowest BCUT2D eigenvalue weighted by Gasteiger charge is -2.15. The maximum absolute atomic E-state index is 11.2. The molecule has 0 spiro atoms. The van der Waals surface area contributed by atoms with Crippen molar-refractivity contribution in [2.45, 2.75) is 25.9 Å². The second-order valence-electron chi connectivity index (χ2n) is 3.38. The van der Waals surface area contributed by atoms with Crippen molar-refractivity contribution in [3.8, 4) is 0 Å². The first-order valence-corrected chi connectivity index (χ1v) is 6.31. The highest BCUT2D eigenvalue weighted by Crippen LogP contribution is 2.31. The van der Waals surface area contributed by atoms with Gasteiger partial charge in [-0.15, -0.1) is 0 Å². The molecular weight excluding hydrogens is 237 g/mol. The van der Waals surface area contributed by atoms with Crippen LogP contribution >= 0.6 is 7.60 Å². The van der Waals surface area contributed by atoms with E-state index in [1.807, 2.05) is 5.32 Å². The van der Waals surface area contributed by atoms with Crippen molar-refractivity contribution in [2.75, 3.05) is 6.29 Å². The summed E-state index contributed by atoms with van der Waals surface area (Å²) >= 11 is 0. The van der Waals surface area contributed by atoms with Crippen LogP contribution in [-0.2, 0) is 14.2 Å². The molecule has 0 aliphatic rings. The summed E-state index contributed by atoms with van der Waals surface area (Å²) in [6, 6.07) is -1.65. The van der Waals surface area contributed by atoms with Crippen molar-refractivity contribution in [1.29, 1.82) is 0 Å². The Kier molecular flexibility index (Phi) is 5.60. The first kappa shape index (κ1) is 15.0. The summed E-state index contributed by atoms with van der Waals surface area (Å²) in [4.78, 5) is 39.3. The van der Waals surface area contributed by atoms with E-state index in [0.29, 0.717) is 0 Å². The largest absolute Gasteiger partial charge is 0.344 e. The summed E-state index contributed by atoms with van der Waals surface area (Å²) in [6.45, 7) is 2.84. The second-order valence-corrected chi connectivity index (χ2v) is 5.03. The topological polar surface area (TPSA) is 142 Å². The fraction of sp³-hybridized carbons (Fsp3) is 0.714. The molecule has 0 rings (SSSR count). The zero-order valence-electron chi connectivity index (χ0n) is 9.01. The number of hydrogen-bond acceptors (Lipinski definition) is 4. The molecule has 0 aliphatic carbocycles. The van der Waals surface area contributed by atoms with Gasteiger partial charge in [0.2, 0.25) is 11.8 Å². The number of carbonyl (C=O) groups excluding carboxylic acids is 2. The van der Waals surface area contributed by atoms with Crippen molar-refractivity contribution in [1.82, 2.24) is 10.6 Å². The molecule has 8 nitrogen and oxygen atoms in total. The minimum atomic E-state index is -4.28. The minimum absolute atomic E-state index is 0.515. The average Bonchev–Trinajstić information content (AvgIpc) is 2.12. The second kappa shape index (κ2) is 5.95. The minimum Gasteiger partial charge on any atom is -0.343 e. The highest BCUT2D eigenvalue weighted by atomic mass is 31.2. The van der Waals surface area contributed by atoms with Crippen molar-refractivity contribution in [2.24, 2.45) is 5.73 Å². The third kappa shape index (κ3) is 6.52. The number of nitrogens with one attached hydrogen (secondary N) is 2. The Morgan fingerprint density at radius 3 is 2.19 bits per heavy atom. The molecule has 0 unspecified atom stereocenters. The standard InChI is InChI=1S/C7H16N3O5P/c1-4(8)6(11)10-5(2)7(12)9-3-16(13,14)15/h4-5H,3,8H2,1-2H3,(H,9,12)(H,10,11)(H2,13,14,15)/t4-,5-/m0/s1. The molecule has 0 aromatic heterocycles. The fourth-order valence-electron chi connectivity index (χ4n) is 0.744. The van der Waals surface area contributed by atoms with Gasteiger partial charge < -0.3 is 26.2 Å². The molecule has 0 heterocycles. The lowest BCUT2D eigenvalue weighted by Crippen LogP contribution is -2.49. The first-order chi connectivity index (χ1) is 7.13. The van der Waals surface area contributed by atoms with Crippen LogP contribution in [0.2, 0.25) is 0 Å². The zero-order valence-corrected chi connectivity index (χ0v) is 9.90. The van der Waals surface area contributed by atoms with Crippen LogP contribution in [0.4, 0.5) is 0 Å². The predicted octanol–water partition coefficient (Wildman–Crippen LogP) is -1.91. The Morgan fingerprint density at radius 1 is 1.31 bits per heavy atom. The van der Waals surface area contributed by atoms with Crippen LogP contribution < -0.4 is 16.4 Å². The van der Waals surface area contributed by atoms with E-state index in [9.17, 15) is 14.2 Å². The van der Waals surface area contributed by atoms with Crippen LogP contribution in [-0.4, -0.2) is 40.0 Å². The SMILES string of the molecule is C[C@H](N)C(=O)N[C@@H](C)C(=O)NCP(=O)(O)O. The molecule has 2 amide bonds. The predicted molar refractivity (Wildman–Crippen MR) is 56.3 cm³/mol. The summed E-state index contributed by atoms with van der Waals surface area (Å²) in [5, 5.41) is 4.30. The number of nitrogens with two attached hydrogens (primary N) is 1. The third-order valence-corrected chi connectivity index (χ3v) is 2.19. The zero-order chi connectivity index (χ0) is 12.9. The molecule has 0 aromatic rings. The van der Waals surface area contributed by atoms with E-state index in [4.69, 9.17) is 15.5 Å². The van der Waals surface area contributed by atoms with Crippen molar-refractivity contribution >= 4 is 19.4 Å². The highest BCUT2D eigenvalue weighted by Gasteiger charge is 2.20. The fourth-order valence-corrected chi connectivity index (χ4v) is 1.11. The van der Waals surface area contributed by atoms with Crippen LogP contribution in [0, 0.1) is 0 Å². The molecule has 0 radical (unpaired) electrons. The number of carbonyl (C=O) groups is 2. The molecule has 0 aromatic carbocycles. The van der Waals surface area contributed by atoms with E-state index in [0.717, 1.165) is 0 Å². The van der Waals surface area contributed by atoms with Gasteiger partial charge in [-0.25, -0.2) is 0 Å². The molecule has 0 fully saturated rings. The molecule has 6 N–H and O–H groups in total.